The average Bonchev–Trinajstić information content (AvgIpc) is 2.90. The van der Waals surface area contributed by atoms with Crippen molar-refractivity contribution in [2.45, 2.75) is 38.6 Å². The number of piperidine rings is 1. The van der Waals surface area contributed by atoms with Crippen LogP contribution in [0.25, 0.3) is 5.69 Å². The number of urea groups is 1. The number of nitrogens with one attached hydrogen (secondary N) is 1. The second kappa shape index (κ2) is 7.13. The predicted molar refractivity (Wildman–Crippen MR) is 96.0 cm³/mol. The maximum absolute atomic E-state index is 12.6. The zero-order valence-electron chi connectivity index (χ0n) is 15.0. The Kier molecular flexibility index (Phi) is 4.92. The molecular weight excluding hydrogens is 318 g/mol. The monoisotopic (exact) mass is 343 g/mol. The van der Waals surface area contributed by atoms with E-state index in [2.05, 4.69) is 10.4 Å². The Balaban J connectivity index is 1.90. The van der Waals surface area contributed by atoms with E-state index in [9.17, 15) is 9.59 Å². The van der Waals surface area contributed by atoms with Gasteiger partial charge in [-0.05, 0) is 38.8 Å². The molecule has 0 aliphatic carbocycles. The van der Waals surface area contributed by atoms with Crippen LogP contribution in [0.15, 0.2) is 35.1 Å². The molecule has 134 valence electrons. The Bertz CT molecular complexity index is 794. The summed E-state index contributed by atoms with van der Waals surface area (Å²) in [7, 11) is 1.66. The highest BCUT2D eigenvalue weighted by molar-refractivity contribution is 5.74. The van der Waals surface area contributed by atoms with Gasteiger partial charge in [-0.2, -0.15) is 5.10 Å². The normalized spacial score (nSPS) is 17.8. The number of aryl methyl sites for hydroxylation is 1. The molecular formula is C18H25N5O2. The summed E-state index contributed by atoms with van der Waals surface area (Å²) in [5, 5.41) is 7.41. The molecule has 0 saturated carbocycles. The van der Waals surface area contributed by atoms with Gasteiger partial charge in [-0.25, -0.2) is 18.8 Å². The summed E-state index contributed by atoms with van der Waals surface area (Å²) >= 11 is 0. The lowest BCUT2D eigenvalue weighted by Gasteiger charge is -2.32. The SMILES string of the molecule is CC(C)NC(=O)N1CCCC(c2nn(C)c(=O)n2-c2ccccc2)C1. The molecule has 1 N–H and O–H groups in total. The first-order chi connectivity index (χ1) is 12.0. The Morgan fingerprint density at radius 1 is 1.28 bits per heavy atom. The van der Waals surface area contributed by atoms with Gasteiger partial charge < -0.3 is 10.2 Å². The van der Waals surface area contributed by atoms with E-state index in [0.717, 1.165) is 30.9 Å². The quantitative estimate of drug-likeness (QED) is 0.925. The number of para-hydroxylation sites is 1. The maximum Gasteiger partial charge on any atom is 0.350 e. The molecule has 1 aliphatic rings. The fourth-order valence-electron chi connectivity index (χ4n) is 3.28. The van der Waals surface area contributed by atoms with Gasteiger partial charge in [0.25, 0.3) is 0 Å². The Labute approximate surface area is 147 Å². The molecule has 7 nitrogen and oxygen atoms in total. The molecule has 3 rings (SSSR count). The van der Waals surface area contributed by atoms with Crippen LogP contribution in [0, 0.1) is 0 Å². The van der Waals surface area contributed by atoms with Gasteiger partial charge in [0.15, 0.2) is 0 Å². The lowest BCUT2D eigenvalue weighted by atomic mass is 9.97. The van der Waals surface area contributed by atoms with Crippen molar-refractivity contribution in [1.29, 1.82) is 0 Å². The number of rotatable bonds is 3. The zero-order valence-corrected chi connectivity index (χ0v) is 15.0. The zero-order chi connectivity index (χ0) is 18.0. The first-order valence-electron chi connectivity index (χ1n) is 8.74. The lowest BCUT2D eigenvalue weighted by Crippen LogP contribution is -2.47. The molecule has 0 spiro atoms. The number of benzene rings is 1. The van der Waals surface area contributed by atoms with Crippen molar-refractivity contribution < 1.29 is 4.79 Å². The molecule has 25 heavy (non-hydrogen) atoms. The molecule has 1 aliphatic heterocycles. The summed E-state index contributed by atoms with van der Waals surface area (Å²) < 4.78 is 3.03. The van der Waals surface area contributed by atoms with Gasteiger partial charge in [0.2, 0.25) is 0 Å². The second-order valence-electron chi connectivity index (χ2n) is 6.82. The summed E-state index contributed by atoms with van der Waals surface area (Å²) in [4.78, 5) is 26.7. The molecule has 1 atom stereocenters. The molecule has 1 aromatic carbocycles. The molecule has 7 heteroatoms. The number of amides is 2. The molecule has 1 aromatic heterocycles. The highest BCUT2D eigenvalue weighted by Gasteiger charge is 2.29. The van der Waals surface area contributed by atoms with Gasteiger partial charge in [-0.15, -0.1) is 0 Å². The third-order valence-corrected chi connectivity index (χ3v) is 4.45. The molecule has 2 heterocycles. The van der Waals surface area contributed by atoms with Gasteiger partial charge in [-0.1, -0.05) is 18.2 Å². The smallest absolute Gasteiger partial charge is 0.336 e. The standard InChI is InChI=1S/C18H25N5O2/c1-13(2)19-17(24)22-11-7-8-14(12-22)16-20-21(3)18(25)23(16)15-9-5-4-6-10-15/h4-6,9-10,13-14H,7-8,11-12H2,1-3H3,(H,19,24). The van der Waals surface area contributed by atoms with Crippen LogP contribution in [0.4, 0.5) is 4.79 Å². The number of hydrogen-bond acceptors (Lipinski definition) is 3. The third-order valence-electron chi connectivity index (χ3n) is 4.45. The van der Waals surface area contributed by atoms with Gasteiger partial charge in [0, 0.05) is 32.1 Å². The number of aromatic nitrogens is 3. The minimum Gasteiger partial charge on any atom is -0.336 e. The third kappa shape index (κ3) is 3.60. The number of nitrogens with zero attached hydrogens (tertiary/aromatic N) is 4. The average molecular weight is 343 g/mol. The van der Waals surface area contributed by atoms with E-state index in [4.69, 9.17) is 0 Å². The molecule has 1 fully saturated rings. The Morgan fingerprint density at radius 3 is 2.68 bits per heavy atom. The summed E-state index contributed by atoms with van der Waals surface area (Å²) in [5.41, 5.74) is 0.643. The van der Waals surface area contributed by atoms with Crippen molar-refractivity contribution in [2.24, 2.45) is 7.05 Å². The van der Waals surface area contributed by atoms with E-state index in [1.165, 1.54) is 4.68 Å². The molecule has 1 unspecified atom stereocenters. The van der Waals surface area contributed by atoms with Crippen LogP contribution in [0.5, 0.6) is 0 Å². The summed E-state index contributed by atoms with van der Waals surface area (Å²) in [6, 6.07) is 9.58. The molecule has 2 aromatic rings. The van der Waals surface area contributed by atoms with Crippen molar-refractivity contribution in [3.8, 4) is 5.69 Å². The minimum absolute atomic E-state index is 0.0424. The highest BCUT2D eigenvalue weighted by atomic mass is 16.2. The van der Waals surface area contributed by atoms with Crippen LogP contribution >= 0.6 is 0 Å². The van der Waals surface area contributed by atoms with Gasteiger partial charge in [-0.3, -0.25) is 0 Å². The first-order valence-corrected chi connectivity index (χ1v) is 8.74. The summed E-state index contributed by atoms with van der Waals surface area (Å²) in [5.74, 6) is 0.765. The second-order valence-corrected chi connectivity index (χ2v) is 6.82. The number of carbonyl (C=O) groups excluding carboxylic acids is 1. The van der Waals surface area contributed by atoms with E-state index in [0.29, 0.717) is 6.54 Å². The van der Waals surface area contributed by atoms with Crippen molar-refractivity contribution in [3.05, 3.63) is 46.6 Å². The van der Waals surface area contributed by atoms with Crippen molar-refractivity contribution in [2.75, 3.05) is 13.1 Å². The number of likely N-dealkylation sites (tertiary alicyclic amines) is 1. The largest absolute Gasteiger partial charge is 0.350 e. The Morgan fingerprint density at radius 2 is 2.00 bits per heavy atom. The number of carbonyl (C=O) groups is 1. The van der Waals surface area contributed by atoms with Crippen LogP contribution in [-0.2, 0) is 7.05 Å². The first kappa shape index (κ1) is 17.3. The fraction of sp³-hybridized carbons (Fsp3) is 0.500. The van der Waals surface area contributed by atoms with Crippen LogP contribution < -0.4 is 11.0 Å². The lowest BCUT2D eigenvalue weighted by molar-refractivity contribution is 0.175. The molecule has 2 amide bonds. The van der Waals surface area contributed by atoms with E-state index in [-0.39, 0.29) is 23.7 Å². The minimum atomic E-state index is -0.162. The van der Waals surface area contributed by atoms with Crippen LogP contribution in [0.3, 0.4) is 0 Å². The van der Waals surface area contributed by atoms with Crippen LogP contribution in [0.2, 0.25) is 0 Å². The van der Waals surface area contributed by atoms with Crippen molar-refractivity contribution >= 4 is 6.03 Å². The van der Waals surface area contributed by atoms with Crippen molar-refractivity contribution in [1.82, 2.24) is 24.6 Å². The summed E-state index contributed by atoms with van der Waals surface area (Å²) in [6.07, 6.45) is 1.81. The van der Waals surface area contributed by atoms with Gasteiger partial charge >= 0.3 is 11.7 Å². The van der Waals surface area contributed by atoms with Crippen LogP contribution in [-0.4, -0.2) is 44.4 Å². The summed E-state index contributed by atoms with van der Waals surface area (Å²) in [6.45, 7) is 5.20. The predicted octanol–water partition coefficient (Wildman–Crippen LogP) is 1.87. The fourth-order valence-corrected chi connectivity index (χ4v) is 3.28. The van der Waals surface area contributed by atoms with Crippen molar-refractivity contribution in [3.63, 3.8) is 0 Å². The Hall–Kier alpha value is -2.57. The highest BCUT2D eigenvalue weighted by Crippen LogP contribution is 2.26. The molecule has 0 bridgehead atoms. The number of hydrogen-bond donors (Lipinski definition) is 1. The molecule has 1 saturated heterocycles. The van der Waals surface area contributed by atoms with Gasteiger partial charge in [0.1, 0.15) is 5.82 Å². The van der Waals surface area contributed by atoms with E-state index >= 15 is 0 Å². The maximum atomic E-state index is 12.6. The van der Waals surface area contributed by atoms with E-state index in [1.807, 2.05) is 49.1 Å². The molecule has 0 radical (unpaired) electrons. The van der Waals surface area contributed by atoms with E-state index in [1.54, 1.807) is 11.6 Å². The van der Waals surface area contributed by atoms with Crippen LogP contribution in [0.1, 0.15) is 38.4 Å². The van der Waals surface area contributed by atoms with E-state index < -0.39 is 0 Å². The topological polar surface area (TPSA) is 72.2 Å². The van der Waals surface area contributed by atoms with Gasteiger partial charge in [0.05, 0.1) is 5.69 Å².